The van der Waals surface area contributed by atoms with E-state index >= 15 is 0 Å². The first-order chi connectivity index (χ1) is 46.8. The molecular formula is C84H56N4O4S4. The predicted octanol–water partition coefficient (Wildman–Crippen LogP) is 26.1. The highest BCUT2D eigenvalue weighted by Gasteiger charge is 2.30. The van der Waals surface area contributed by atoms with Crippen LogP contribution in [-0.4, -0.2) is 18.3 Å². The molecule has 460 valence electrons. The molecule has 0 spiro atoms. The monoisotopic (exact) mass is 1310 g/mol. The van der Waals surface area contributed by atoms with Crippen LogP contribution in [0.15, 0.2) is 212 Å². The Kier molecular flexibility index (Phi) is 11.1. The second-order valence-electron chi connectivity index (χ2n) is 26.6. The van der Waals surface area contributed by atoms with Gasteiger partial charge in [-0.1, -0.05) is 119 Å². The van der Waals surface area contributed by atoms with E-state index in [1.165, 1.54) is 116 Å². The van der Waals surface area contributed by atoms with Crippen LogP contribution in [0.4, 0.5) is 0 Å². The topological polar surface area (TPSA) is 72.3 Å². The number of rotatable bonds is 4. The third kappa shape index (κ3) is 7.58. The second-order valence-corrected chi connectivity index (χ2v) is 30.8. The summed E-state index contributed by atoms with van der Waals surface area (Å²) in [6.45, 7) is 17.2. The maximum Gasteiger partial charge on any atom is 0.171 e. The minimum absolute atomic E-state index is 0.868. The molecule has 0 amide bonds. The Morgan fingerprint density at radius 2 is 0.510 bits per heavy atom. The van der Waals surface area contributed by atoms with Crippen molar-refractivity contribution in [2.45, 2.75) is 55.4 Å². The fourth-order valence-corrected chi connectivity index (χ4v) is 20.4. The Balaban J connectivity index is 0.000000127. The Hall–Kier alpha value is -10.6. The molecule has 0 atom stereocenters. The van der Waals surface area contributed by atoms with Gasteiger partial charge in [0, 0.05) is 75.2 Å². The molecule has 12 heteroatoms. The summed E-state index contributed by atoms with van der Waals surface area (Å²) >= 11 is 7.27. The fourth-order valence-electron chi connectivity index (χ4n) is 15.3. The third-order valence-electron chi connectivity index (χ3n) is 20.0. The number of hydrogen-bond donors (Lipinski definition) is 0. The normalized spacial score (nSPS) is 12.6. The molecule has 22 rings (SSSR count). The number of benzene rings is 10. The Morgan fingerprint density at radius 1 is 0.219 bits per heavy atom. The van der Waals surface area contributed by atoms with Crippen LogP contribution in [0.1, 0.15) is 44.5 Å². The van der Waals surface area contributed by atoms with E-state index < -0.39 is 0 Å². The lowest BCUT2D eigenvalue weighted by Gasteiger charge is -2.08. The highest BCUT2D eigenvalue weighted by atomic mass is 32.1. The molecule has 22 aromatic rings. The molecule has 96 heavy (non-hydrogen) atoms. The average molecular weight is 1310 g/mol. The minimum atomic E-state index is 0.868. The third-order valence-corrected chi connectivity index (χ3v) is 24.7. The van der Waals surface area contributed by atoms with Gasteiger partial charge in [0.2, 0.25) is 0 Å². The van der Waals surface area contributed by atoms with Crippen LogP contribution in [0.3, 0.4) is 0 Å². The molecule has 0 radical (unpaired) electrons. The van der Waals surface area contributed by atoms with E-state index in [0.717, 1.165) is 120 Å². The van der Waals surface area contributed by atoms with Gasteiger partial charge in [0.05, 0.1) is 50.3 Å². The summed E-state index contributed by atoms with van der Waals surface area (Å²) in [5, 5.41) is 9.32. The number of thiophene rings is 4. The molecule has 0 aliphatic rings. The van der Waals surface area contributed by atoms with Gasteiger partial charge >= 0.3 is 0 Å². The fraction of sp³-hybridized carbons (Fsp3) is 0.0952. The van der Waals surface area contributed by atoms with Crippen LogP contribution in [-0.2, 0) is 0 Å². The van der Waals surface area contributed by atoms with Gasteiger partial charge in [0.15, 0.2) is 22.3 Å². The highest BCUT2D eigenvalue weighted by Crippen LogP contribution is 2.53. The van der Waals surface area contributed by atoms with Crippen molar-refractivity contribution in [3.63, 3.8) is 0 Å². The highest BCUT2D eigenvalue weighted by molar-refractivity contribution is 7.28. The summed E-state index contributed by atoms with van der Waals surface area (Å²) in [5.41, 5.74) is 31.0. The van der Waals surface area contributed by atoms with E-state index in [0.29, 0.717) is 0 Å². The standard InChI is InChI=1S/2C42H28N2O2S2/c1-21-5-11-25(12-6-21)43-35-29-19-32-30(20-31(29)45-39(35)41-37(43)27-15-9-23(3)17-33(27)47-41)36-40(46-32)42-38(28-16-10-24(4)18-34(28)48-42)44(36)26-13-7-22(2)8-14-26;1-21-5-11-25(12-6-21)43-31-17-23(3)9-15-27(31)39-35(43)37-41(47-39)29-19-34-30(20-33(29)45-37)42-38(46-34)36-40(48-42)28-16-10-24(4)18-32(28)44(36)26-13-7-22(2)8-14-26/h2*5-20H,1-4H3. The minimum Gasteiger partial charge on any atom is -0.453 e. The molecule has 10 aromatic carbocycles. The number of hydrogen-bond acceptors (Lipinski definition) is 8. The SMILES string of the molecule is Cc1ccc(-n2c3c4cc5oc6c7sc8cc(C)ccc8c7n(-c7ccc(C)cc7)c6c5cc4oc3c3sc4cc(C)ccc4c32)cc1.Cc1ccc(-n2c3cc(C)ccc3c3sc4c5cc6oc7c(sc8c9ccc(C)cc9n(-c9ccc(C)cc9)c78)c6cc5oc4c32)cc1. The van der Waals surface area contributed by atoms with E-state index in [2.05, 4.69) is 268 Å². The zero-order chi connectivity index (χ0) is 64.0. The Labute approximate surface area is 563 Å². The molecular weight excluding hydrogens is 1260 g/mol. The predicted molar refractivity (Wildman–Crippen MR) is 409 cm³/mol. The van der Waals surface area contributed by atoms with Crippen molar-refractivity contribution in [2.75, 3.05) is 0 Å². The van der Waals surface area contributed by atoms with Gasteiger partial charge in [-0.05, 0) is 175 Å². The van der Waals surface area contributed by atoms with Crippen LogP contribution < -0.4 is 0 Å². The van der Waals surface area contributed by atoms with Crippen LogP contribution in [0, 0.1) is 55.4 Å². The zero-order valence-corrected chi connectivity index (χ0v) is 56.8. The molecule has 12 heterocycles. The van der Waals surface area contributed by atoms with Crippen molar-refractivity contribution < 1.29 is 17.7 Å². The van der Waals surface area contributed by atoms with Gasteiger partial charge in [0.1, 0.15) is 44.4 Å². The molecule has 0 saturated heterocycles. The van der Waals surface area contributed by atoms with E-state index in [4.69, 9.17) is 17.7 Å². The van der Waals surface area contributed by atoms with Gasteiger partial charge in [-0.2, -0.15) is 0 Å². The molecule has 8 nitrogen and oxygen atoms in total. The van der Waals surface area contributed by atoms with E-state index in [1.807, 2.05) is 45.3 Å². The number of aryl methyl sites for hydroxylation is 8. The quantitative estimate of drug-likeness (QED) is 0.176. The van der Waals surface area contributed by atoms with Gasteiger partial charge < -0.3 is 35.9 Å². The summed E-state index contributed by atoms with van der Waals surface area (Å²) in [6, 6.07) is 71.0. The maximum atomic E-state index is 6.92. The van der Waals surface area contributed by atoms with E-state index in [1.54, 1.807) is 0 Å². The van der Waals surface area contributed by atoms with Crippen molar-refractivity contribution in [3.05, 3.63) is 239 Å². The summed E-state index contributed by atoms with van der Waals surface area (Å²) in [7, 11) is 0. The summed E-state index contributed by atoms with van der Waals surface area (Å²) in [5.74, 6) is 0. The van der Waals surface area contributed by atoms with Gasteiger partial charge in [-0.15, -0.1) is 45.3 Å². The van der Waals surface area contributed by atoms with Crippen molar-refractivity contribution >= 4 is 215 Å². The van der Waals surface area contributed by atoms with E-state index in [9.17, 15) is 0 Å². The maximum absolute atomic E-state index is 6.92. The largest absolute Gasteiger partial charge is 0.453 e. The molecule has 0 N–H and O–H groups in total. The first-order valence-electron chi connectivity index (χ1n) is 32.5. The Morgan fingerprint density at radius 3 is 0.875 bits per heavy atom. The summed E-state index contributed by atoms with van der Waals surface area (Å²) < 4.78 is 46.9. The first-order valence-corrected chi connectivity index (χ1v) is 35.8. The molecule has 0 saturated carbocycles. The number of aromatic nitrogens is 4. The lowest BCUT2D eigenvalue weighted by atomic mass is 10.1. The van der Waals surface area contributed by atoms with Gasteiger partial charge in [-0.3, -0.25) is 0 Å². The van der Waals surface area contributed by atoms with Crippen molar-refractivity contribution in [2.24, 2.45) is 0 Å². The first kappa shape index (κ1) is 54.8. The molecule has 0 bridgehead atoms. The molecule has 12 aromatic heterocycles. The van der Waals surface area contributed by atoms with E-state index in [-0.39, 0.29) is 0 Å². The van der Waals surface area contributed by atoms with Crippen molar-refractivity contribution in [1.29, 1.82) is 0 Å². The molecule has 0 aliphatic heterocycles. The Bertz CT molecular complexity index is 6700. The van der Waals surface area contributed by atoms with Gasteiger partial charge in [0.25, 0.3) is 0 Å². The molecule has 0 fully saturated rings. The van der Waals surface area contributed by atoms with Crippen LogP contribution in [0.5, 0.6) is 0 Å². The number of furan rings is 4. The van der Waals surface area contributed by atoms with Gasteiger partial charge in [-0.25, -0.2) is 0 Å². The number of nitrogens with zero attached hydrogens (tertiary/aromatic N) is 4. The zero-order valence-electron chi connectivity index (χ0n) is 53.5. The van der Waals surface area contributed by atoms with Crippen LogP contribution in [0.2, 0.25) is 0 Å². The molecule has 0 aliphatic carbocycles. The molecule has 0 unspecified atom stereocenters. The summed E-state index contributed by atoms with van der Waals surface area (Å²) in [6.07, 6.45) is 0. The summed E-state index contributed by atoms with van der Waals surface area (Å²) in [4.78, 5) is 0. The van der Waals surface area contributed by atoms with Crippen LogP contribution >= 0.6 is 45.3 Å². The van der Waals surface area contributed by atoms with Crippen molar-refractivity contribution in [3.8, 4) is 22.7 Å². The lowest BCUT2D eigenvalue weighted by molar-refractivity contribution is 0.666. The second kappa shape index (κ2) is 19.5. The number of fused-ring (bicyclic) bond motifs is 28. The smallest absolute Gasteiger partial charge is 0.171 e. The average Bonchev–Trinajstić information content (AvgIpc) is 1.54. The lowest BCUT2D eigenvalue weighted by Crippen LogP contribution is -1.94. The van der Waals surface area contributed by atoms with Crippen molar-refractivity contribution in [1.82, 2.24) is 18.3 Å². The van der Waals surface area contributed by atoms with Crippen LogP contribution in [0.25, 0.3) is 192 Å².